The molecule has 1 aliphatic carbocycles. The summed E-state index contributed by atoms with van der Waals surface area (Å²) >= 11 is 14.9. The number of carbonyl (C=O) groups is 2. The molecule has 39 heavy (non-hydrogen) atoms. The third-order valence-electron chi connectivity index (χ3n) is 6.29. The Morgan fingerprint density at radius 1 is 1.33 bits per heavy atom. The number of nitrogens with zero attached hydrogens (tertiary/aromatic N) is 3. The van der Waals surface area contributed by atoms with Gasteiger partial charge in [-0.15, -0.1) is 28.1 Å². The number of hydrogen-bond donors (Lipinski definition) is 1. The van der Waals surface area contributed by atoms with Crippen molar-refractivity contribution in [3.63, 3.8) is 0 Å². The van der Waals surface area contributed by atoms with Crippen LogP contribution in [0.5, 0.6) is 5.75 Å². The van der Waals surface area contributed by atoms with Crippen LogP contribution < -0.4 is 10.1 Å². The lowest BCUT2D eigenvalue weighted by Crippen LogP contribution is -2.17. The van der Waals surface area contributed by atoms with Crippen molar-refractivity contribution in [2.45, 2.75) is 50.7 Å². The fourth-order valence-electron chi connectivity index (χ4n) is 4.38. The molecular formula is C27H30Cl2N4O4S2. The standard InChI is InChI=1S/C27H30Cl2N4O4S2/c1-4-11-33-22(6-5-12-37-20-10-8-17(28)14-19(20)29)31-32-27(33)38-15-23(34)30-25-24(26(35)36-3)18-9-7-16(2)13-21(18)39-25/h4,8,10,14,16H,1,5-7,9,11-13,15H2,2-3H3,(H,30,34). The molecule has 1 aliphatic rings. The van der Waals surface area contributed by atoms with Gasteiger partial charge in [-0.1, -0.05) is 48.0 Å². The maximum Gasteiger partial charge on any atom is 0.341 e. The van der Waals surface area contributed by atoms with Gasteiger partial charge in [0.1, 0.15) is 16.6 Å². The molecule has 1 aromatic carbocycles. The zero-order chi connectivity index (χ0) is 27.9. The number of rotatable bonds is 12. The van der Waals surface area contributed by atoms with Crippen molar-refractivity contribution in [3.8, 4) is 5.75 Å². The molecule has 12 heteroatoms. The lowest BCUT2D eigenvalue weighted by molar-refractivity contribution is -0.113. The Bertz CT molecular complexity index is 1360. The van der Waals surface area contributed by atoms with Crippen molar-refractivity contribution in [1.29, 1.82) is 0 Å². The van der Waals surface area contributed by atoms with Crippen LogP contribution >= 0.6 is 46.3 Å². The van der Waals surface area contributed by atoms with Crippen LogP contribution in [0.25, 0.3) is 0 Å². The quantitative estimate of drug-likeness (QED) is 0.109. The molecule has 1 atom stereocenters. The number of aryl methyl sites for hydroxylation is 1. The molecule has 0 fully saturated rings. The highest BCUT2D eigenvalue weighted by molar-refractivity contribution is 7.99. The number of halogens is 2. The predicted molar refractivity (Wildman–Crippen MR) is 157 cm³/mol. The summed E-state index contributed by atoms with van der Waals surface area (Å²) in [7, 11) is 1.36. The average molecular weight is 610 g/mol. The van der Waals surface area contributed by atoms with Crippen LogP contribution in [0.4, 0.5) is 5.00 Å². The van der Waals surface area contributed by atoms with Crippen LogP contribution in [0.2, 0.25) is 10.0 Å². The largest absolute Gasteiger partial charge is 0.492 e. The Morgan fingerprint density at radius 3 is 2.90 bits per heavy atom. The number of thioether (sulfide) groups is 1. The predicted octanol–water partition coefficient (Wildman–Crippen LogP) is 6.49. The number of hydrogen-bond acceptors (Lipinski definition) is 8. The fraction of sp³-hybridized carbons (Fsp3) is 0.407. The van der Waals surface area contributed by atoms with Gasteiger partial charge in [0.25, 0.3) is 0 Å². The molecule has 8 nitrogen and oxygen atoms in total. The van der Waals surface area contributed by atoms with Crippen molar-refractivity contribution in [2.75, 3.05) is 24.8 Å². The number of fused-ring (bicyclic) bond motifs is 1. The van der Waals surface area contributed by atoms with E-state index in [1.807, 2.05) is 4.57 Å². The summed E-state index contributed by atoms with van der Waals surface area (Å²) in [5.41, 5.74) is 1.49. The second-order valence-electron chi connectivity index (χ2n) is 9.21. The molecule has 1 unspecified atom stereocenters. The maximum atomic E-state index is 12.9. The topological polar surface area (TPSA) is 95.3 Å². The number of benzene rings is 1. The third kappa shape index (κ3) is 7.36. The third-order valence-corrected chi connectivity index (χ3v) is 8.95. The van der Waals surface area contributed by atoms with Crippen molar-refractivity contribution in [3.05, 3.63) is 62.7 Å². The monoisotopic (exact) mass is 608 g/mol. The van der Waals surface area contributed by atoms with Gasteiger partial charge < -0.3 is 19.4 Å². The maximum absolute atomic E-state index is 12.9. The summed E-state index contributed by atoms with van der Waals surface area (Å²) in [6, 6.07) is 5.11. The van der Waals surface area contributed by atoms with E-state index in [0.29, 0.717) is 63.4 Å². The second kappa shape index (κ2) is 13.7. The SMILES string of the molecule is C=CCn1c(CCCOc2ccc(Cl)cc2Cl)nnc1SCC(=O)Nc1sc2c(c1C(=O)OC)CCC(C)C2. The molecule has 1 amide bonds. The van der Waals surface area contributed by atoms with Crippen LogP contribution in [0.1, 0.15) is 46.4 Å². The zero-order valence-electron chi connectivity index (χ0n) is 21.8. The summed E-state index contributed by atoms with van der Waals surface area (Å²) in [5, 5.41) is 13.7. The van der Waals surface area contributed by atoms with Crippen molar-refractivity contribution in [2.24, 2.45) is 5.92 Å². The number of methoxy groups -OCH3 is 1. The Morgan fingerprint density at radius 2 is 2.15 bits per heavy atom. The van der Waals surface area contributed by atoms with Crippen LogP contribution in [-0.2, 0) is 35.3 Å². The molecule has 2 aromatic heterocycles. The van der Waals surface area contributed by atoms with E-state index in [1.165, 1.54) is 30.2 Å². The van der Waals surface area contributed by atoms with E-state index < -0.39 is 5.97 Å². The number of esters is 1. The van der Waals surface area contributed by atoms with Crippen LogP contribution in [0.3, 0.4) is 0 Å². The van der Waals surface area contributed by atoms with Crippen molar-refractivity contribution >= 4 is 63.2 Å². The Balaban J connectivity index is 1.35. The first-order valence-corrected chi connectivity index (χ1v) is 15.1. The number of carbonyl (C=O) groups excluding carboxylic acids is 2. The van der Waals surface area contributed by atoms with Gasteiger partial charge in [-0.2, -0.15) is 0 Å². The Hall–Kier alpha value is -2.53. The fourth-order valence-corrected chi connectivity index (χ4v) is 7.02. The van der Waals surface area contributed by atoms with E-state index in [1.54, 1.807) is 24.3 Å². The molecule has 3 aromatic rings. The molecule has 0 saturated heterocycles. The van der Waals surface area contributed by atoms with Gasteiger partial charge in [0.2, 0.25) is 5.91 Å². The number of thiophene rings is 1. The Kier molecular flexibility index (Phi) is 10.3. The number of aromatic nitrogens is 3. The highest BCUT2D eigenvalue weighted by Crippen LogP contribution is 2.40. The highest BCUT2D eigenvalue weighted by Gasteiger charge is 2.29. The van der Waals surface area contributed by atoms with Gasteiger partial charge in [0, 0.05) is 22.9 Å². The first-order chi connectivity index (χ1) is 18.8. The summed E-state index contributed by atoms with van der Waals surface area (Å²) in [5.74, 6) is 1.38. The smallest absolute Gasteiger partial charge is 0.341 e. The number of nitrogens with one attached hydrogen (secondary N) is 1. The van der Waals surface area contributed by atoms with E-state index in [2.05, 4.69) is 29.0 Å². The summed E-state index contributed by atoms with van der Waals surface area (Å²) < 4.78 is 12.7. The van der Waals surface area contributed by atoms with Crippen molar-refractivity contribution < 1.29 is 19.1 Å². The van der Waals surface area contributed by atoms with E-state index in [9.17, 15) is 9.59 Å². The summed E-state index contributed by atoms with van der Waals surface area (Å²) in [4.78, 5) is 26.6. The van der Waals surface area contributed by atoms with Gasteiger partial charge >= 0.3 is 5.97 Å². The van der Waals surface area contributed by atoms with Crippen LogP contribution in [-0.4, -0.2) is 46.1 Å². The van der Waals surface area contributed by atoms with Gasteiger partial charge in [-0.3, -0.25) is 4.79 Å². The van der Waals surface area contributed by atoms with E-state index >= 15 is 0 Å². The minimum atomic E-state index is -0.414. The van der Waals surface area contributed by atoms with Gasteiger partial charge in [-0.05, 0) is 55.4 Å². The molecule has 208 valence electrons. The van der Waals surface area contributed by atoms with E-state index in [-0.39, 0.29) is 11.7 Å². The zero-order valence-corrected chi connectivity index (χ0v) is 24.9. The lowest BCUT2D eigenvalue weighted by Gasteiger charge is -2.18. The van der Waals surface area contributed by atoms with Crippen LogP contribution in [0, 0.1) is 5.92 Å². The molecule has 0 bridgehead atoms. The van der Waals surface area contributed by atoms with Gasteiger partial charge in [0.15, 0.2) is 5.16 Å². The molecule has 0 saturated carbocycles. The highest BCUT2D eigenvalue weighted by atomic mass is 35.5. The molecule has 4 rings (SSSR count). The van der Waals surface area contributed by atoms with Gasteiger partial charge in [-0.25, -0.2) is 4.79 Å². The van der Waals surface area contributed by atoms with E-state index in [0.717, 1.165) is 35.5 Å². The molecule has 0 aliphatic heterocycles. The number of amides is 1. The summed E-state index contributed by atoms with van der Waals surface area (Å²) in [6.07, 6.45) is 5.81. The first kappa shape index (κ1) is 29.5. The summed E-state index contributed by atoms with van der Waals surface area (Å²) in [6.45, 7) is 6.99. The first-order valence-electron chi connectivity index (χ1n) is 12.6. The van der Waals surface area contributed by atoms with Crippen LogP contribution in [0.15, 0.2) is 36.0 Å². The second-order valence-corrected chi connectivity index (χ2v) is 12.1. The number of allylic oxidation sites excluding steroid dienone is 1. The number of anilines is 1. The molecular weight excluding hydrogens is 579 g/mol. The molecule has 2 heterocycles. The average Bonchev–Trinajstić information content (AvgIpc) is 3.46. The van der Waals surface area contributed by atoms with Gasteiger partial charge in [0.05, 0.1) is 30.1 Å². The normalized spacial score (nSPS) is 14.5. The Labute approximate surface area is 246 Å². The molecule has 0 radical (unpaired) electrons. The van der Waals surface area contributed by atoms with Crippen molar-refractivity contribution in [1.82, 2.24) is 14.8 Å². The lowest BCUT2D eigenvalue weighted by atomic mass is 9.88. The molecule has 1 N–H and O–H groups in total. The minimum Gasteiger partial charge on any atom is -0.492 e. The number of ether oxygens (including phenoxy) is 2. The minimum absolute atomic E-state index is 0.118. The van der Waals surface area contributed by atoms with E-state index in [4.69, 9.17) is 32.7 Å². The molecule has 0 spiro atoms.